The Labute approximate surface area is 260 Å². The summed E-state index contributed by atoms with van der Waals surface area (Å²) in [4.78, 5) is 62.7. The Balaban J connectivity index is 1.66. The van der Waals surface area contributed by atoms with Crippen LogP contribution in [0.2, 0.25) is 0 Å². The van der Waals surface area contributed by atoms with Crippen molar-refractivity contribution in [3.05, 3.63) is 35.9 Å². The van der Waals surface area contributed by atoms with Crippen molar-refractivity contribution < 1.29 is 58.6 Å². The lowest BCUT2D eigenvalue weighted by molar-refractivity contribution is -0.277. The predicted octanol–water partition coefficient (Wildman–Crippen LogP) is -0.507. The lowest BCUT2D eigenvalue weighted by Gasteiger charge is -2.39. The van der Waals surface area contributed by atoms with E-state index in [0.29, 0.717) is 5.56 Å². The number of ether oxygens (including phenoxy) is 3. The van der Waals surface area contributed by atoms with Gasteiger partial charge < -0.3 is 45.3 Å². The van der Waals surface area contributed by atoms with Gasteiger partial charge >= 0.3 is 5.97 Å². The van der Waals surface area contributed by atoms with E-state index in [-0.39, 0.29) is 37.4 Å². The molecule has 0 bridgehead atoms. The molecule has 5 atom stereocenters. The van der Waals surface area contributed by atoms with E-state index in [1.165, 1.54) is 37.3 Å². The van der Waals surface area contributed by atoms with Crippen LogP contribution < -0.4 is 15.4 Å². The smallest absolute Gasteiger partial charge is 0.302 e. The van der Waals surface area contributed by atoms with Crippen LogP contribution in [0.25, 0.3) is 0 Å². The molecule has 1 unspecified atom stereocenters. The number of carbonyl (C=O) groups excluding carboxylic acids is 5. The minimum absolute atomic E-state index is 0.00727. The molecular weight excluding hydrogens is 594 g/mol. The number of benzene rings is 1. The van der Waals surface area contributed by atoms with Gasteiger partial charge in [0.1, 0.15) is 36.8 Å². The molecule has 1 aromatic rings. The Bertz CT molecular complexity index is 1310. The van der Waals surface area contributed by atoms with Crippen LogP contribution in [-0.2, 0) is 40.1 Å². The van der Waals surface area contributed by atoms with Gasteiger partial charge in [-0.05, 0) is 38.0 Å². The molecule has 1 aromatic carbocycles. The molecule has 6 N–H and O–H groups in total. The van der Waals surface area contributed by atoms with Crippen LogP contribution in [0.1, 0.15) is 53.0 Å². The van der Waals surface area contributed by atoms with E-state index in [0.717, 1.165) is 4.90 Å². The summed E-state index contributed by atoms with van der Waals surface area (Å²) < 4.78 is 16.1. The van der Waals surface area contributed by atoms with Crippen LogP contribution in [0.5, 0.6) is 5.75 Å². The van der Waals surface area contributed by atoms with E-state index in [9.17, 15) is 44.4 Å². The number of aliphatic hydroxyl groups is 4. The SMILES string of the molecule is CC(=O)OCc1ccc(OC2O[C@H](CO)[C@@H](O)[C@H](O)[C@H]2O)c(NC(=O)CCNC(=O)C(C)(C)CC(C)(C)N2C(=O)C=CC2=O)c1. The van der Waals surface area contributed by atoms with Crippen molar-refractivity contribution in [1.82, 2.24) is 10.2 Å². The van der Waals surface area contributed by atoms with Crippen LogP contribution >= 0.6 is 0 Å². The van der Waals surface area contributed by atoms with Crippen LogP contribution in [-0.4, -0.2) is 104 Å². The lowest BCUT2D eigenvalue weighted by atomic mass is 9.78. The van der Waals surface area contributed by atoms with Gasteiger partial charge in [-0.1, -0.05) is 19.9 Å². The number of nitrogens with one attached hydrogen (secondary N) is 2. The van der Waals surface area contributed by atoms with E-state index in [2.05, 4.69) is 10.6 Å². The van der Waals surface area contributed by atoms with Crippen molar-refractivity contribution >= 4 is 35.3 Å². The number of aliphatic hydroxyl groups excluding tert-OH is 4. The number of hydrogen-bond acceptors (Lipinski definition) is 12. The third-order valence-corrected chi connectivity index (χ3v) is 7.39. The van der Waals surface area contributed by atoms with Gasteiger partial charge in [-0.25, -0.2) is 0 Å². The Morgan fingerprint density at radius 3 is 2.24 bits per heavy atom. The standard InChI is InChI=1S/C30H41N3O12/c1-16(35)43-14-17-6-7-19(44-27-26(41)25(40)24(39)20(13-34)45-27)18(12-17)32-21(36)10-11-31-28(42)29(2,3)15-30(4,5)33-22(37)8-9-23(33)38/h6-9,12,20,24-27,34,39-41H,10-11,13-15H2,1-5H3,(H,31,42)(H,32,36)/t20-,24-,25+,26-,27?/m1/s1. The quantitative estimate of drug-likeness (QED) is 0.119. The van der Waals surface area contributed by atoms with Crippen molar-refractivity contribution in [3.8, 4) is 5.75 Å². The number of nitrogens with zero attached hydrogens (tertiary/aromatic N) is 1. The maximum atomic E-state index is 13.0. The van der Waals surface area contributed by atoms with Gasteiger partial charge in [0.25, 0.3) is 11.8 Å². The normalized spacial score (nSPS) is 23.6. The van der Waals surface area contributed by atoms with E-state index < -0.39 is 77.9 Å². The summed E-state index contributed by atoms with van der Waals surface area (Å²) >= 11 is 0. The van der Waals surface area contributed by atoms with Crippen LogP contribution in [0.15, 0.2) is 30.4 Å². The van der Waals surface area contributed by atoms with Gasteiger partial charge in [0.15, 0.2) is 0 Å². The number of esters is 1. The minimum Gasteiger partial charge on any atom is -0.461 e. The van der Waals surface area contributed by atoms with E-state index in [4.69, 9.17) is 14.2 Å². The molecular formula is C30H41N3O12. The topological polar surface area (TPSA) is 221 Å². The number of imide groups is 1. The molecule has 2 aliphatic rings. The van der Waals surface area contributed by atoms with Gasteiger partial charge in [0, 0.05) is 43.0 Å². The van der Waals surface area contributed by atoms with E-state index in [1.807, 2.05) is 0 Å². The molecule has 0 aliphatic carbocycles. The molecule has 0 spiro atoms. The Morgan fingerprint density at radius 1 is 1.00 bits per heavy atom. The average molecular weight is 636 g/mol. The zero-order chi connectivity index (χ0) is 33.7. The molecule has 15 heteroatoms. The Morgan fingerprint density at radius 2 is 1.64 bits per heavy atom. The second-order valence-electron chi connectivity index (χ2n) is 12.2. The molecule has 0 radical (unpaired) electrons. The number of hydrogen-bond donors (Lipinski definition) is 6. The molecule has 0 aromatic heterocycles. The molecule has 2 aliphatic heterocycles. The second kappa shape index (κ2) is 14.5. The van der Waals surface area contributed by atoms with Crippen molar-refractivity contribution in [2.75, 3.05) is 18.5 Å². The highest BCUT2D eigenvalue weighted by molar-refractivity contribution is 6.13. The fraction of sp³-hybridized carbons (Fsp3) is 0.567. The zero-order valence-corrected chi connectivity index (χ0v) is 25.8. The molecule has 1 saturated heterocycles. The molecule has 2 heterocycles. The fourth-order valence-electron chi connectivity index (χ4n) is 5.32. The van der Waals surface area contributed by atoms with Crippen LogP contribution in [0.4, 0.5) is 5.69 Å². The average Bonchev–Trinajstić information content (AvgIpc) is 3.30. The summed E-state index contributed by atoms with van der Waals surface area (Å²) in [5, 5.41) is 45.3. The highest BCUT2D eigenvalue weighted by atomic mass is 16.7. The fourth-order valence-corrected chi connectivity index (χ4v) is 5.32. The first-order valence-corrected chi connectivity index (χ1v) is 14.3. The summed E-state index contributed by atoms with van der Waals surface area (Å²) in [6.45, 7) is 7.10. The van der Waals surface area contributed by atoms with E-state index in [1.54, 1.807) is 27.7 Å². The molecule has 3 rings (SSSR count). The van der Waals surface area contributed by atoms with Crippen LogP contribution in [0, 0.1) is 5.41 Å². The number of anilines is 1. The minimum atomic E-state index is -1.70. The van der Waals surface area contributed by atoms with Gasteiger partial charge in [0.05, 0.1) is 12.3 Å². The predicted molar refractivity (Wildman–Crippen MR) is 156 cm³/mol. The van der Waals surface area contributed by atoms with E-state index >= 15 is 0 Å². The molecule has 0 saturated carbocycles. The first-order chi connectivity index (χ1) is 21.0. The van der Waals surface area contributed by atoms with Crippen LogP contribution in [0.3, 0.4) is 0 Å². The van der Waals surface area contributed by atoms with Gasteiger partial charge in [-0.3, -0.25) is 28.9 Å². The lowest BCUT2D eigenvalue weighted by Crippen LogP contribution is -2.60. The highest BCUT2D eigenvalue weighted by Gasteiger charge is 2.45. The number of amides is 4. The third kappa shape index (κ3) is 8.85. The van der Waals surface area contributed by atoms with Crippen molar-refractivity contribution in [3.63, 3.8) is 0 Å². The van der Waals surface area contributed by atoms with Gasteiger partial charge in [-0.15, -0.1) is 0 Å². The first-order valence-electron chi connectivity index (χ1n) is 14.3. The first kappa shape index (κ1) is 35.6. The number of carbonyl (C=O) groups is 5. The molecule has 4 amide bonds. The summed E-state index contributed by atoms with van der Waals surface area (Å²) in [5.41, 5.74) is -1.40. The Hall–Kier alpha value is -3.89. The summed E-state index contributed by atoms with van der Waals surface area (Å²) in [6, 6.07) is 4.40. The largest absolute Gasteiger partial charge is 0.461 e. The summed E-state index contributed by atoms with van der Waals surface area (Å²) in [7, 11) is 0. The third-order valence-electron chi connectivity index (χ3n) is 7.39. The maximum Gasteiger partial charge on any atom is 0.302 e. The van der Waals surface area contributed by atoms with Crippen molar-refractivity contribution in [2.24, 2.45) is 5.41 Å². The molecule has 248 valence electrons. The van der Waals surface area contributed by atoms with Crippen molar-refractivity contribution in [1.29, 1.82) is 0 Å². The molecule has 15 nitrogen and oxygen atoms in total. The summed E-state index contributed by atoms with van der Waals surface area (Å²) in [5.74, 6) is -2.39. The highest BCUT2D eigenvalue weighted by Crippen LogP contribution is 2.34. The van der Waals surface area contributed by atoms with Gasteiger partial charge in [0.2, 0.25) is 18.1 Å². The zero-order valence-electron chi connectivity index (χ0n) is 25.8. The Kier molecular flexibility index (Phi) is 11.4. The molecule has 1 fully saturated rings. The van der Waals surface area contributed by atoms with Crippen molar-refractivity contribution in [2.45, 2.75) is 90.3 Å². The second-order valence-corrected chi connectivity index (χ2v) is 12.2. The van der Waals surface area contributed by atoms with Gasteiger partial charge in [-0.2, -0.15) is 0 Å². The number of rotatable bonds is 13. The monoisotopic (exact) mass is 635 g/mol. The molecule has 45 heavy (non-hydrogen) atoms. The summed E-state index contributed by atoms with van der Waals surface area (Å²) in [6.07, 6.45) is -5.38. The maximum absolute atomic E-state index is 13.0.